The van der Waals surface area contributed by atoms with Crippen molar-refractivity contribution in [2.45, 2.75) is 30.3 Å². The molecule has 0 saturated carbocycles. The first kappa shape index (κ1) is 20.0. The maximum atomic E-state index is 12.9. The summed E-state index contributed by atoms with van der Waals surface area (Å²) in [7, 11) is -2.54. The highest BCUT2D eigenvalue weighted by Crippen LogP contribution is 2.34. The van der Waals surface area contributed by atoms with Crippen LogP contribution >= 0.6 is 11.6 Å². The van der Waals surface area contributed by atoms with Crippen LogP contribution in [-0.2, 0) is 26.0 Å². The van der Waals surface area contributed by atoms with E-state index in [9.17, 15) is 13.2 Å². The van der Waals surface area contributed by atoms with Gasteiger partial charge in [0.05, 0.1) is 12.8 Å². The molecular formula is C20H21ClN2O5S. The van der Waals surface area contributed by atoms with Crippen LogP contribution < -0.4 is 14.4 Å². The standard InChI is InChI=1S/C20H21ClN2O5S/c1-27-17-7-5-14(21)11-19(17)29(25,26)22-15-6-4-13-8-9-23(16(13)12-15)20(24)18-3-2-10-28-18/h4-7,11-12,18,22H,2-3,8-10H2,1H3. The second-order valence-electron chi connectivity index (χ2n) is 6.99. The minimum atomic E-state index is -3.94. The Morgan fingerprint density at radius 2 is 2.10 bits per heavy atom. The Bertz CT molecular complexity index is 1050. The molecule has 4 rings (SSSR count). The van der Waals surface area contributed by atoms with Gasteiger partial charge in [-0.3, -0.25) is 9.52 Å². The maximum absolute atomic E-state index is 12.9. The van der Waals surface area contributed by atoms with Crippen molar-refractivity contribution in [1.82, 2.24) is 0 Å². The van der Waals surface area contributed by atoms with E-state index in [0.717, 1.165) is 18.4 Å². The fourth-order valence-corrected chi connectivity index (χ4v) is 5.17. The van der Waals surface area contributed by atoms with Crippen molar-refractivity contribution in [3.05, 3.63) is 47.0 Å². The van der Waals surface area contributed by atoms with Gasteiger partial charge in [-0.1, -0.05) is 17.7 Å². The topological polar surface area (TPSA) is 84.9 Å². The fourth-order valence-electron chi connectivity index (χ4n) is 3.69. The largest absolute Gasteiger partial charge is 0.495 e. The second-order valence-corrected chi connectivity index (χ2v) is 9.07. The summed E-state index contributed by atoms with van der Waals surface area (Å²) in [4.78, 5) is 14.4. The summed E-state index contributed by atoms with van der Waals surface area (Å²) in [6.07, 6.45) is 1.89. The third-order valence-corrected chi connectivity index (χ3v) is 6.76. The van der Waals surface area contributed by atoms with Crippen molar-refractivity contribution in [2.24, 2.45) is 0 Å². The summed E-state index contributed by atoms with van der Waals surface area (Å²) >= 11 is 5.97. The molecule has 2 aromatic carbocycles. The van der Waals surface area contributed by atoms with Crippen LogP contribution in [0.4, 0.5) is 11.4 Å². The van der Waals surface area contributed by atoms with Gasteiger partial charge < -0.3 is 14.4 Å². The van der Waals surface area contributed by atoms with Crippen molar-refractivity contribution in [3.63, 3.8) is 0 Å². The maximum Gasteiger partial charge on any atom is 0.265 e. The molecule has 1 amide bonds. The third-order valence-electron chi connectivity index (χ3n) is 5.12. The Morgan fingerprint density at radius 3 is 2.83 bits per heavy atom. The smallest absolute Gasteiger partial charge is 0.265 e. The summed E-state index contributed by atoms with van der Waals surface area (Å²) in [6, 6.07) is 9.61. The molecule has 0 aromatic heterocycles. The second kappa shape index (κ2) is 7.85. The molecule has 1 N–H and O–H groups in total. The van der Waals surface area contributed by atoms with Crippen LogP contribution in [0.2, 0.25) is 5.02 Å². The van der Waals surface area contributed by atoms with Gasteiger partial charge in [-0.25, -0.2) is 8.42 Å². The zero-order chi connectivity index (χ0) is 20.6. The molecule has 1 fully saturated rings. The SMILES string of the molecule is COc1ccc(Cl)cc1S(=O)(=O)Nc1ccc2c(c1)N(C(=O)C1CCCO1)CC2. The van der Waals surface area contributed by atoms with E-state index in [4.69, 9.17) is 21.1 Å². The molecule has 2 aliphatic heterocycles. The molecule has 1 saturated heterocycles. The van der Waals surface area contributed by atoms with Crippen LogP contribution in [-0.4, -0.2) is 40.7 Å². The van der Waals surface area contributed by atoms with Gasteiger partial charge in [0, 0.05) is 23.9 Å². The number of methoxy groups -OCH3 is 1. The number of hydrogen-bond donors (Lipinski definition) is 1. The van der Waals surface area contributed by atoms with Gasteiger partial charge in [0.1, 0.15) is 16.7 Å². The molecule has 0 bridgehead atoms. The molecule has 154 valence electrons. The Labute approximate surface area is 174 Å². The highest BCUT2D eigenvalue weighted by molar-refractivity contribution is 7.92. The first-order valence-corrected chi connectivity index (χ1v) is 11.2. The van der Waals surface area contributed by atoms with Crippen molar-refractivity contribution >= 4 is 38.9 Å². The van der Waals surface area contributed by atoms with Gasteiger partial charge in [-0.15, -0.1) is 0 Å². The lowest BCUT2D eigenvalue weighted by atomic mass is 10.1. The first-order chi connectivity index (χ1) is 13.9. The number of carbonyl (C=O) groups is 1. The first-order valence-electron chi connectivity index (χ1n) is 9.31. The molecule has 0 radical (unpaired) electrons. The minimum absolute atomic E-state index is 0.0553. The Kier molecular flexibility index (Phi) is 5.42. The molecule has 7 nitrogen and oxygen atoms in total. The van der Waals surface area contributed by atoms with Crippen LogP contribution in [0.5, 0.6) is 5.75 Å². The van der Waals surface area contributed by atoms with Gasteiger partial charge in [0.15, 0.2) is 0 Å². The van der Waals surface area contributed by atoms with Gasteiger partial charge >= 0.3 is 0 Å². The van der Waals surface area contributed by atoms with Crippen molar-refractivity contribution in [3.8, 4) is 5.75 Å². The van der Waals surface area contributed by atoms with Gasteiger partial charge in [0.2, 0.25) is 0 Å². The average Bonchev–Trinajstić information content (AvgIpc) is 3.37. The quantitative estimate of drug-likeness (QED) is 0.777. The van der Waals surface area contributed by atoms with E-state index < -0.39 is 16.1 Å². The number of nitrogens with zero attached hydrogens (tertiary/aromatic N) is 1. The number of carbonyl (C=O) groups excluding carboxylic acids is 1. The highest BCUT2D eigenvalue weighted by atomic mass is 35.5. The number of anilines is 2. The predicted octanol–water partition coefficient (Wildman–Crippen LogP) is 3.22. The number of fused-ring (bicyclic) bond motifs is 1. The number of benzene rings is 2. The van der Waals surface area contributed by atoms with E-state index in [2.05, 4.69) is 4.72 Å². The van der Waals surface area contributed by atoms with E-state index in [0.29, 0.717) is 30.9 Å². The van der Waals surface area contributed by atoms with Crippen LogP contribution in [0.15, 0.2) is 41.3 Å². The molecule has 9 heteroatoms. The zero-order valence-corrected chi connectivity index (χ0v) is 17.4. The predicted molar refractivity (Wildman–Crippen MR) is 110 cm³/mol. The number of nitrogens with one attached hydrogen (secondary N) is 1. The molecule has 1 unspecified atom stereocenters. The summed E-state index contributed by atoms with van der Waals surface area (Å²) in [6.45, 7) is 1.16. The van der Waals surface area contributed by atoms with Crippen LogP contribution in [0.3, 0.4) is 0 Å². The molecule has 2 heterocycles. The number of hydrogen-bond acceptors (Lipinski definition) is 5. The summed E-state index contributed by atoms with van der Waals surface area (Å²) in [5.74, 6) is 0.121. The van der Waals surface area contributed by atoms with Crippen molar-refractivity contribution in [2.75, 3.05) is 29.9 Å². The summed E-state index contributed by atoms with van der Waals surface area (Å²) in [5.41, 5.74) is 2.07. The summed E-state index contributed by atoms with van der Waals surface area (Å²) in [5, 5.41) is 0.286. The lowest BCUT2D eigenvalue weighted by molar-refractivity contribution is -0.127. The number of halogens is 1. The molecule has 0 spiro atoms. The number of rotatable bonds is 5. The van der Waals surface area contributed by atoms with E-state index in [1.807, 2.05) is 6.07 Å². The van der Waals surface area contributed by atoms with E-state index in [1.54, 1.807) is 23.1 Å². The molecule has 29 heavy (non-hydrogen) atoms. The van der Waals surface area contributed by atoms with Gasteiger partial charge in [-0.2, -0.15) is 0 Å². The Balaban J connectivity index is 1.62. The summed E-state index contributed by atoms with van der Waals surface area (Å²) < 4.78 is 39.1. The van der Waals surface area contributed by atoms with Crippen LogP contribution in [0, 0.1) is 0 Å². The van der Waals surface area contributed by atoms with Gasteiger partial charge in [0.25, 0.3) is 15.9 Å². The van der Waals surface area contributed by atoms with E-state index >= 15 is 0 Å². The van der Waals surface area contributed by atoms with Crippen molar-refractivity contribution < 1.29 is 22.7 Å². The number of ether oxygens (including phenoxy) is 2. The fraction of sp³-hybridized carbons (Fsp3) is 0.350. The zero-order valence-electron chi connectivity index (χ0n) is 15.9. The van der Waals surface area contributed by atoms with Crippen LogP contribution in [0.1, 0.15) is 18.4 Å². The van der Waals surface area contributed by atoms with Crippen LogP contribution in [0.25, 0.3) is 0 Å². The van der Waals surface area contributed by atoms with Gasteiger partial charge in [-0.05, 0) is 55.2 Å². The molecule has 1 atom stereocenters. The van der Waals surface area contributed by atoms with E-state index in [-0.39, 0.29) is 21.6 Å². The normalized spacial score (nSPS) is 18.6. The monoisotopic (exact) mass is 436 g/mol. The van der Waals surface area contributed by atoms with E-state index in [1.165, 1.54) is 19.2 Å². The van der Waals surface area contributed by atoms with Crippen molar-refractivity contribution in [1.29, 1.82) is 0 Å². The highest BCUT2D eigenvalue weighted by Gasteiger charge is 2.33. The molecule has 0 aliphatic carbocycles. The third kappa shape index (κ3) is 3.92. The average molecular weight is 437 g/mol. The molecule has 2 aliphatic rings. The molecular weight excluding hydrogens is 416 g/mol. The number of sulfonamides is 1. The Hall–Kier alpha value is -2.29. The minimum Gasteiger partial charge on any atom is -0.495 e. The Morgan fingerprint density at radius 1 is 1.28 bits per heavy atom. The lowest BCUT2D eigenvalue weighted by Gasteiger charge is -2.21. The lowest BCUT2D eigenvalue weighted by Crippen LogP contribution is -2.37. The molecule has 2 aromatic rings. The number of amides is 1.